The zero-order chi connectivity index (χ0) is 14.8. The maximum atomic E-state index is 10.8. The summed E-state index contributed by atoms with van der Waals surface area (Å²) in [7, 11) is 0. The highest BCUT2D eigenvalue weighted by atomic mass is 35.5. The van der Waals surface area contributed by atoms with Gasteiger partial charge in [0.15, 0.2) is 0 Å². The largest absolute Gasteiger partial charge is 0.379 e. The zero-order valence-corrected chi connectivity index (χ0v) is 11.6. The Morgan fingerprint density at radius 2 is 2.19 bits per heavy atom. The number of fused-ring (bicyclic) bond motifs is 1. The molecule has 7 heteroatoms. The summed E-state index contributed by atoms with van der Waals surface area (Å²) in [5, 5.41) is 14.1. The summed E-state index contributed by atoms with van der Waals surface area (Å²) < 4.78 is 1.92. The molecule has 2 aromatic heterocycles. The molecular formula is C14H11ClN4O2. The van der Waals surface area contributed by atoms with E-state index in [2.05, 4.69) is 10.3 Å². The first kappa shape index (κ1) is 13.4. The molecule has 0 fully saturated rings. The Labute approximate surface area is 125 Å². The maximum absolute atomic E-state index is 10.8. The molecule has 0 aliphatic carbocycles. The predicted octanol–water partition coefficient (Wildman–Crippen LogP) is 3.51. The predicted molar refractivity (Wildman–Crippen MR) is 80.6 cm³/mol. The van der Waals surface area contributed by atoms with E-state index in [0.717, 1.165) is 11.3 Å². The minimum absolute atomic E-state index is 0.114. The van der Waals surface area contributed by atoms with Crippen molar-refractivity contribution in [3.63, 3.8) is 0 Å². The normalized spacial score (nSPS) is 10.7. The summed E-state index contributed by atoms with van der Waals surface area (Å²) >= 11 is 5.78. The molecule has 6 nitrogen and oxygen atoms in total. The van der Waals surface area contributed by atoms with Gasteiger partial charge in [-0.15, -0.1) is 0 Å². The third-order valence-electron chi connectivity index (χ3n) is 3.03. The molecule has 0 unspecified atom stereocenters. The molecule has 3 aromatic rings. The van der Waals surface area contributed by atoms with Gasteiger partial charge in [-0.2, -0.15) is 0 Å². The average molecular weight is 303 g/mol. The summed E-state index contributed by atoms with van der Waals surface area (Å²) in [6.45, 7) is 0.473. The molecule has 106 valence electrons. The first-order valence-electron chi connectivity index (χ1n) is 6.24. The second kappa shape index (κ2) is 5.41. The average Bonchev–Trinajstić information content (AvgIpc) is 2.89. The van der Waals surface area contributed by atoms with E-state index in [1.807, 2.05) is 35.0 Å². The van der Waals surface area contributed by atoms with Crippen LogP contribution in [0.1, 0.15) is 5.69 Å². The Kier molecular flexibility index (Phi) is 3.45. The van der Waals surface area contributed by atoms with E-state index in [0.29, 0.717) is 12.2 Å². The lowest BCUT2D eigenvalue weighted by atomic mass is 10.2. The highest BCUT2D eigenvalue weighted by Crippen LogP contribution is 2.27. The number of rotatable bonds is 4. The van der Waals surface area contributed by atoms with Crippen LogP contribution >= 0.6 is 11.6 Å². The lowest BCUT2D eigenvalue weighted by Crippen LogP contribution is -2.00. The van der Waals surface area contributed by atoms with Gasteiger partial charge >= 0.3 is 0 Å². The Balaban J connectivity index is 1.78. The fourth-order valence-electron chi connectivity index (χ4n) is 2.03. The number of halogens is 1. The number of imidazole rings is 1. The van der Waals surface area contributed by atoms with Crippen molar-refractivity contribution >= 4 is 28.6 Å². The van der Waals surface area contributed by atoms with E-state index in [-0.39, 0.29) is 10.7 Å². The molecule has 0 atom stereocenters. The second-order valence-electron chi connectivity index (χ2n) is 4.48. The summed E-state index contributed by atoms with van der Waals surface area (Å²) in [6, 6.07) is 10.4. The van der Waals surface area contributed by atoms with Crippen molar-refractivity contribution in [2.75, 3.05) is 5.32 Å². The number of hydrogen-bond acceptors (Lipinski definition) is 4. The number of hydrogen-bond donors (Lipinski definition) is 1. The van der Waals surface area contributed by atoms with Crippen LogP contribution in [0.15, 0.2) is 48.8 Å². The molecule has 0 aliphatic heterocycles. The Bertz CT molecular complexity index is 783. The molecular weight excluding hydrogens is 292 g/mol. The van der Waals surface area contributed by atoms with Gasteiger partial charge in [-0.1, -0.05) is 17.7 Å². The minimum Gasteiger partial charge on any atom is -0.379 e. The fraction of sp³-hybridized carbons (Fsp3) is 0.0714. The van der Waals surface area contributed by atoms with E-state index in [4.69, 9.17) is 11.6 Å². The quantitative estimate of drug-likeness (QED) is 0.591. The lowest BCUT2D eigenvalue weighted by molar-refractivity contribution is -0.384. The van der Waals surface area contributed by atoms with Gasteiger partial charge in [0, 0.05) is 24.1 Å². The van der Waals surface area contributed by atoms with Crippen LogP contribution in [-0.4, -0.2) is 14.3 Å². The van der Waals surface area contributed by atoms with E-state index in [1.54, 1.807) is 6.07 Å². The Morgan fingerprint density at radius 3 is 2.95 bits per heavy atom. The molecule has 2 heterocycles. The lowest BCUT2D eigenvalue weighted by Gasteiger charge is -2.04. The monoisotopic (exact) mass is 302 g/mol. The number of benzene rings is 1. The second-order valence-corrected chi connectivity index (χ2v) is 4.88. The van der Waals surface area contributed by atoms with Crippen LogP contribution in [0.3, 0.4) is 0 Å². The van der Waals surface area contributed by atoms with Gasteiger partial charge in [0.05, 0.1) is 17.2 Å². The first-order chi connectivity index (χ1) is 10.1. The van der Waals surface area contributed by atoms with Gasteiger partial charge in [-0.05, 0) is 24.3 Å². The molecule has 0 aliphatic rings. The van der Waals surface area contributed by atoms with Gasteiger partial charge in [0.2, 0.25) is 0 Å². The summed E-state index contributed by atoms with van der Waals surface area (Å²) in [5.74, 6) is 0. The molecule has 0 saturated carbocycles. The van der Waals surface area contributed by atoms with Gasteiger partial charge in [-0.25, -0.2) is 4.98 Å². The van der Waals surface area contributed by atoms with Crippen molar-refractivity contribution in [2.45, 2.75) is 6.54 Å². The smallest absolute Gasteiger partial charge is 0.289 e. The number of nitro groups is 1. The standard InChI is InChI=1S/C14H11ClN4O2/c15-12-5-4-10(7-13(12)19(20)21)16-8-11-9-18-6-2-1-3-14(18)17-11/h1-7,9,16H,8H2. The van der Waals surface area contributed by atoms with Crippen LogP contribution in [-0.2, 0) is 6.54 Å². The van der Waals surface area contributed by atoms with E-state index >= 15 is 0 Å². The van der Waals surface area contributed by atoms with Gasteiger partial charge in [0.25, 0.3) is 5.69 Å². The fourth-order valence-corrected chi connectivity index (χ4v) is 2.21. The van der Waals surface area contributed by atoms with Crippen molar-refractivity contribution in [2.24, 2.45) is 0 Å². The molecule has 1 aromatic carbocycles. The Hall–Kier alpha value is -2.60. The van der Waals surface area contributed by atoms with Gasteiger partial charge < -0.3 is 9.72 Å². The van der Waals surface area contributed by atoms with Crippen molar-refractivity contribution in [3.8, 4) is 0 Å². The molecule has 1 N–H and O–H groups in total. The molecule has 21 heavy (non-hydrogen) atoms. The third kappa shape index (κ3) is 2.80. The summed E-state index contributed by atoms with van der Waals surface area (Å²) in [6.07, 6.45) is 3.83. The molecule has 0 saturated heterocycles. The highest BCUT2D eigenvalue weighted by molar-refractivity contribution is 6.32. The topological polar surface area (TPSA) is 72.5 Å². The van der Waals surface area contributed by atoms with Crippen molar-refractivity contribution < 1.29 is 4.92 Å². The number of nitro benzene ring substituents is 1. The number of nitrogens with one attached hydrogen (secondary N) is 1. The van der Waals surface area contributed by atoms with Crippen LogP contribution in [0.5, 0.6) is 0 Å². The van der Waals surface area contributed by atoms with Gasteiger partial charge in [-0.3, -0.25) is 10.1 Å². The van der Waals surface area contributed by atoms with E-state index in [9.17, 15) is 10.1 Å². The third-order valence-corrected chi connectivity index (χ3v) is 3.35. The summed E-state index contributed by atoms with van der Waals surface area (Å²) in [5.41, 5.74) is 2.22. The van der Waals surface area contributed by atoms with Crippen LogP contribution in [0.25, 0.3) is 5.65 Å². The number of pyridine rings is 1. The van der Waals surface area contributed by atoms with Crippen LogP contribution in [0.2, 0.25) is 5.02 Å². The van der Waals surface area contributed by atoms with Crippen molar-refractivity contribution in [3.05, 3.63) is 69.6 Å². The molecule has 3 rings (SSSR count). The number of nitrogens with zero attached hydrogens (tertiary/aromatic N) is 3. The van der Waals surface area contributed by atoms with E-state index < -0.39 is 4.92 Å². The Morgan fingerprint density at radius 1 is 1.33 bits per heavy atom. The van der Waals surface area contributed by atoms with Crippen LogP contribution in [0, 0.1) is 10.1 Å². The van der Waals surface area contributed by atoms with Crippen LogP contribution < -0.4 is 5.32 Å². The summed E-state index contributed by atoms with van der Waals surface area (Å²) in [4.78, 5) is 14.8. The highest BCUT2D eigenvalue weighted by Gasteiger charge is 2.12. The molecule has 0 radical (unpaired) electrons. The number of anilines is 1. The van der Waals surface area contributed by atoms with Crippen LogP contribution in [0.4, 0.5) is 11.4 Å². The van der Waals surface area contributed by atoms with Crippen molar-refractivity contribution in [1.29, 1.82) is 0 Å². The SMILES string of the molecule is O=[N+]([O-])c1cc(NCc2cn3ccccc3n2)ccc1Cl. The minimum atomic E-state index is -0.502. The molecule has 0 bridgehead atoms. The zero-order valence-electron chi connectivity index (χ0n) is 10.9. The first-order valence-corrected chi connectivity index (χ1v) is 6.62. The van der Waals surface area contributed by atoms with Gasteiger partial charge in [0.1, 0.15) is 10.7 Å². The molecule has 0 amide bonds. The molecule has 0 spiro atoms. The maximum Gasteiger partial charge on any atom is 0.289 e. The number of aromatic nitrogens is 2. The van der Waals surface area contributed by atoms with Crippen molar-refractivity contribution in [1.82, 2.24) is 9.38 Å². The van der Waals surface area contributed by atoms with E-state index in [1.165, 1.54) is 12.1 Å².